The van der Waals surface area contributed by atoms with Crippen LogP contribution in [-0.2, 0) is 29.4 Å². The molecule has 0 radical (unpaired) electrons. The summed E-state index contributed by atoms with van der Waals surface area (Å²) >= 11 is 0. The Morgan fingerprint density at radius 1 is 1.10 bits per heavy atom. The minimum Gasteiger partial charge on any atom is -0.497 e. The van der Waals surface area contributed by atoms with E-state index in [4.69, 9.17) is 4.74 Å². The molecule has 0 saturated heterocycles. The van der Waals surface area contributed by atoms with E-state index < -0.39 is 23.8 Å². The fourth-order valence-electron chi connectivity index (χ4n) is 2.72. The molecule has 0 spiro atoms. The molecule has 0 bridgehead atoms. The van der Waals surface area contributed by atoms with E-state index in [0.717, 1.165) is 10.1 Å². The minimum absolute atomic E-state index is 0.0521. The Balaban J connectivity index is 1.66. The first-order chi connectivity index (χ1) is 13.7. The number of aryl methyl sites for hydroxylation is 1. The number of hydrogen-bond acceptors (Lipinski definition) is 4. The van der Waals surface area contributed by atoms with Gasteiger partial charge in [0, 0.05) is 19.3 Å². The predicted octanol–water partition coefficient (Wildman–Crippen LogP) is 2.86. The third kappa shape index (κ3) is 4.48. The number of methoxy groups -OCH3 is 1. The number of carbonyl (C=O) groups is 2. The number of carbonyl (C=O) groups excluding carboxylic acids is 2. The third-order valence-electron chi connectivity index (χ3n) is 4.21. The third-order valence-corrected chi connectivity index (χ3v) is 4.21. The lowest BCUT2D eigenvalue weighted by atomic mass is 10.2. The number of benzene rings is 2. The van der Waals surface area contributed by atoms with Gasteiger partial charge in [0.25, 0.3) is 0 Å². The molecule has 2 N–H and O–H groups in total. The number of halogens is 3. The number of fused-ring (bicyclic) bond motifs is 1. The number of rotatable bonds is 4. The second-order valence-corrected chi connectivity index (χ2v) is 6.18. The summed E-state index contributed by atoms with van der Waals surface area (Å²) in [4.78, 5) is 27.6. The van der Waals surface area contributed by atoms with Crippen LogP contribution in [0.15, 0.2) is 42.5 Å². The van der Waals surface area contributed by atoms with Gasteiger partial charge in [-0.2, -0.15) is 13.2 Å². The molecule has 0 aliphatic rings. The van der Waals surface area contributed by atoms with Crippen LogP contribution in [0.25, 0.3) is 11.0 Å². The van der Waals surface area contributed by atoms with E-state index >= 15 is 0 Å². The highest BCUT2D eigenvalue weighted by Crippen LogP contribution is 2.31. The number of hydrogen-bond donors (Lipinski definition) is 2. The summed E-state index contributed by atoms with van der Waals surface area (Å²) in [5.41, 5.74) is 1.23. The molecule has 0 aliphatic heterocycles. The maximum Gasteiger partial charge on any atom is 0.449 e. The van der Waals surface area contributed by atoms with Gasteiger partial charge in [-0.15, -0.1) is 0 Å². The van der Waals surface area contributed by atoms with E-state index in [2.05, 4.69) is 15.6 Å². The van der Waals surface area contributed by atoms with E-state index in [1.165, 1.54) is 32.4 Å². The number of imidazole rings is 1. The maximum atomic E-state index is 13.0. The summed E-state index contributed by atoms with van der Waals surface area (Å²) in [6.45, 7) is 0.129. The van der Waals surface area contributed by atoms with Gasteiger partial charge >= 0.3 is 18.0 Å². The van der Waals surface area contributed by atoms with Crippen LogP contribution in [0, 0.1) is 0 Å². The number of nitrogens with one attached hydrogen (secondary N) is 2. The molecular weight excluding hydrogens is 389 g/mol. The summed E-state index contributed by atoms with van der Waals surface area (Å²) in [5.74, 6) is -2.20. The maximum absolute atomic E-state index is 13.0. The van der Waals surface area contributed by atoms with E-state index in [-0.39, 0.29) is 23.3 Å². The van der Waals surface area contributed by atoms with Gasteiger partial charge < -0.3 is 19.9 Å². The summed E-state index contributed by atoms with van der Waals surface area (Å²) < 4.78 is 44.8. The zero-order chi connectivity index (χ0) is 21.2. The van der Waals surface area contributed by atoms with E-state index in [0.29, 0.717) is 5.75 Å². The van der Waals surface area contributed by atoms with Crippen LogP contribution in [0.1, 0.15) is 11.4 Å². The van der Waals surface area contributed by atoms with Gasteiger partial charge in [0.05, 0.1) is 18.1 Å². The molecule has 7 nitrogen and oxygen atoms in total. The van der Waals surface area contributed by atoms with Crippen molar-refractivity contribution in [3.63, 3.8) is 0 Å². The molecule has 1 heterocycles. The molecule has 0 unspecified atom stereocenters. The quantitative estimate of drug-likeness (QED) is 0.653. The standard InChI is InChI=1S/C19H17F3N4O3/c1-26-15-8-5-12(9-14(15)25-18(26)19(20,21)22)24-17(28)16(27)23-10-11-3-6-13(29-2)7-4-11/h3-9H,10H2,1-2H3,(H,23,27)(H,24,28). The monoisotopic (exact) mass is 406 g/mol. The van der Waals surface area contributed by atoms with E-state index in [9.17, 15) is 22.8 Å². The van der Waals surface area contributed by atoms with Crippen molar-refractivity contribution in [1.82, 2.24) is 14.9 Å². The van der Waals surface area contributed by atoms with Crippen molar-refractivity contribution < 1.29 is 27.5 Å². The molecule has 3 aromatic rings. The van der Waals surface area contributed by atoms with Gasteiger partial charge in [-0.3, -0.25) is 9.59 Å². The van der Waals surface area contributed by atoms with Crippen LogP contribution in [-0.4, -0.2) is 28.5 Å². The van der Waals surface area contributed by atoms with Gasteiger partial charge in [-0.25, -0.2) is 4.98 Å². The van der Waals surface area contributed by atoms with Crippen molar-refractivity contribution >= 4 is 28.5 Å². The smallest absolute Gasteiger partial charge is 0.449 e. The van der Waals surface area contributed by atoms with Crippen LogP contribution in [0.4, 0.5) is 18.9 Å². The van der Waals surface area contributed by atoms with E-state index in [1.807, 2.05) is 0 Å². The summed E-state index contributed by atoms with van der Waals surface area (Å²) in [6, 6.07) is 11.0. The molecule has 152 valence electrons. The Kier molecular flexibility index (Phi) is 5.44. The van der Waals surface area contributed by atoms with Crippen LogP contribution in [0.2, 0.25) is 0 Å². The van der Waals surface area contributed by atoms with Gasteiger partial charge in [-0.05, 0) is 35.9 Å². The summed E-state index contributed by atoms with van der Waals surface area (Å²) in [7, 11) is 2.79. The SMILES string of the molecule is COc1ccc(CNC(=O)C(=O)Nc2ccc3c(c2)nc(C(F)(F)F)n3C)cc1. The zero-order valence-corrected chi connectivity index (χ0v) is 15.5. The molecule has 10 heteroatoms. The molecule has 2 amide bonds. The summed E-state index contributed by atoms with van der Waals surface area (Å²) in [6.07, 6.45) is -4.60. The number of amides is 2. The molecule has 29 heavy (non-hydrogen) atoms. The highest BCUT2D eigenvalue weighted by atomic mass is 19.4. The topological polar surface area (TPSA) is 85.2 Å². The Morgan fingerprint density at radius 2 is 1.79 bits per heavy atom. The molecule has 2 aromatic carbocycles. The Morgan fingerprint density at radius 3 is 2.41 bits per heavy atom. The number of anilines is 1. The molecule has 0 saturated carbocycles. The van der Waals surface area contributed by atoms with Crippen LogP contribution in [0.5, 0.6) is 5.75 Å². The second-order valence-electron chi connectivity index (χ2n) is 6.18. The van der Waals surface area contributed by atoms with Crippen molar-refractivity contribution in [3.05, 3.63) is 53.9 Å². The number of alkyl halides is 3. The number of nitrogens with zero attached hydrogens (tertiary/aromatic N) is 2. The normalized spacial score (nSPS) is 11.3. The first kappa shape index (κ1) is 20.2. The Bertz CT molecular complexity index is 1060. The first-order valence-corrected chi connectivity index (χ1v) is 8.45. The highest BCUT2D eigenvalue weighted by Gasteiger charge is 2.36. The number of aromatic nitrogens is 2. The van der Waals surface area contributed by atoms with Crippen LogP contribution < -0.4 is 15.4 Å². The van der Waals surface area contributed by atoms with Gasteiger partial charge in [0.1, 0.15) is 5.75 Å². The molecular formula is C19H17F3N4O3. The predicted molar refractivity (Wildman–Crippen MR) is 99.2 cm³/mol. The zero-order valence-electron chi connectivity index (χ0n) is 15.5. The van der Waals surface area contributed by atoms with Gasteiger partial charge in [-0.1, -0.05) is 12.1 Å². The largest absolute Gasteiger partial charge is 0.497 e. The van der Waals surface area contributed by atoms with Crippen LogP contribution >= 0.6 is 0 Å². The Hall–Kier alpha value is -3.56. The van der Waals surface area contributed by atoms with Crippen molar-refractivity contribution in [3.8, 4) is 5.75 Å². The molecule has 1 aromatic heterocycles. The minimum atomic E-state index is -4.60. The van der Waals surface area contributed by atoms with E-state index in [1.54, 1.807) is 24.3 Å². The lowest BCUT2D eigenvalue weighted by Crippen LogP contribution is -2.34. The lowest BCUT2D eigenvalue weighted by Gasteiger charge is -2.08. The second kappa shape index (κ2) is 7.82. The molecule has 0 aliphatic carbocycles. The van der Waals surface area contributed by atoms with Gasteiger partial charge in [0.2, 0.25) is 5.82 Å². The highest BCUT2D eigenvalue weighted by molar-refractivity contribution is 6.39. The number of ether oxygens (including phenoxy) is 1. The van der Waals surface area contributed by atoms with Crippen molar-refractivity contribution in [2.24, 2.45) is 7.05 Å². The van der Waals surface area contributed by atoms with Crippen molar-refractivity contribution in [2.75, 3.05) is 12.4 Å². The van der Waals surface area contributed by atoms with Crippen LogP contribution in [0.3, 0.4) is 0 Å². The Labute approximate surface area is 163 Å². The molecule has 3 rings (SSSR count). The summed E-state index contributed by atoms with van der Waals surface area (Å²) in [5, 5.41) is 4.82. The average Bonchev–Trinajstić information content (AvgIpc) is 3.02. The fraction of sp³-hybridized carbons (Fsp3) is 0.211. The molecule has 0 atom stereocenters. The van der Waals surface area contributed by atoms with Crippen molar-refractivity contribution in [1.29, 1.82) is 0 Å². The van der Waals surface area contributed by atoms with Crippen molar-refractivity contribution in [2.45, 2.75) is 12.7 Å². The molecule has 0 fully saturated rings. The average molecular weight is 406 g/mol. The first-order valence-electron chi connectivity index (χ1n) is 8.45. The fourth-order valence-corrected chi connectivity index (χ4v) is 2.72. The lowest BCUT2D eigenvalue weighted by molar-refractivity contribution is -0.146. The van der Waals surface area contributed by atoms with Gasteiger partial charge in [0.15, 0.2) is 0 Å².